The van der Waals surface area contributed by atoms with E-state index in [1.807, 2.05) is 30.3 Å². The van der Waals surface area contributed by atoms with E-state index < -0.39 is 12.1 Å². The van der Waals surface area contributed by atoms with Crippen molar-refractivity contribution in [3.05, 3.63) is 66.4 Å². The predicted octanol–water partition coefficient (Wildman–Crippen LogP) is 3.75. The van der Waals surface area contributed by atoms with Gasteiger partial charge in [-0.25, -0.2) is 4.79 Å². The largest absolute Gasteiger partial charge is 0.444 e. The molecule has 0 aliphatic heterocycles. The van der Waals surface area contributed by atoms with Crippen molar-refractivity contribution >= 4 is 23.0 Å². The number of aromatic nitrogens is 1. The summed E-state index contributed by atoms with van der Waals surface area (Å²) in [6, 6.07) is 16.4. The van der Waals surface area contributed by atoms with Gasteiger partial charge in [0.1, 0.15) is 12.4 Å². The van der Waals surface area contributed by atoms with Crippen LogP contribution in [0.15, 0.2) is 60.8 Å². The van der Waals surface area contributed by atoms with Gasteiger partial charge in [-0.05, 0) is 23.8 Å². The number of ether oxygens (including phenoxy) is 2. The Hall–Kier alpha value is -3.08. The Bertz CT molecular complexity index is 852. The SMILES string of the molecule is CC(=O)Oc1cccc2c1ccn2C(=O)OCc1ccccc1. The van der Waals surface area contributed by atoms with Crippen LogP contribution in [-0.2, 0) is 16.1 Å². The molecule has 3 rings (SSSR count). The molecule has 116 valence electrons. The molecular formula is C18H15NO4. The molecule has 5 heteroatoms. The van der Waals surface area contributed by atoms with Gasteiger partial charge in [0.15, 0.2) is 0 Å². The van der Waals surface area contributed by atoms with Crippen LogP contribution in [0.25, 0.3) is 10.9 Å². The van der Waals surface area contributed by atoms with Gasteiger partial charge in [0, 0.05) is 18.5 Å². The molecule has 0 aliphatic rings. The van der Waals surface area contributed by atoms with Crippen molar-refractivity contribution in [1.29, 1.82) is 0 Å². The lowest BCUT2D eigenvalue weighted by Crippen LogP contribution is -2.12. The molecule has 3 aromatic rings. The second kappa shape index (κ2) is 6.36. The van der Waals surface area contributed by atoms with Crippen LogP contribution in [0.1, 0.15) is 12.5 Å². The van der Waals surface area contributed by atoms with Crippen molar-refractivity contribution in [1.82, 2.24) is 4.57 Å². The van der Waals surface area contributed by atoms with Gasteiger partial charge in [-0.1, -0.05) is 36.4 Å². The number of hydrogen-bond acceptors (Lipinski definition) is 4. The van der Waals surface area contributed by atoms with Gasteiger partial charge in [0.25, 0.3) is 0 Å². The summed E-state index contributed by atoms with van der Waals surface area (Å²) in [6.07, 6.45) is 1.12. The smallest absolute Gasteiger partial charge is 0.418 e. The Morgan fingerprint density at radius 3 is 2.52 bits per heavy atom. The molecule has 0 unspecified atom stereocenters. The summed E-state index contributed by atoms with van der Waals surface area (Å²) < 4.78 is 11.9. The van der Waals surface area contributed by atoms with Crippen LogP contribution in [0.5, 0.6) is 5.75 Å². The van der Waals surface area contributed by atoms with Gasteiger partial charge < -0.3 is 9.47 Å². The molecule has 2 aromatic carbocycles. The summed E-state index contributed by atoms with van der Waals surface area (Å²) in [5.74, 6) is 0.0153. The zero-order chi connectivity index (χ0) is 16.2. The van der Waals surface area contributed by atoms with Crippen LogP contribution in [-0.4, -0.2) is 16.6 Å². The highest BCUT2D eigenvalue weighted by Gasteiger charge is 2.13. The molecule has 0 radical (unpaired) electrons. The van der Waals surface area contributed by atoms with Gasteiger partial charge in [0.05, 0.1) is 5.52 Å². The minimum absolute atomic E-state index is 0.197. The van der Waals surface area contributed by atoms with E-state index in [9.17, 15) is 9.59 Å². The fourth-order valence-electron chi connectivity index (χ4n) is 2.33. The average Bonchev–Trinajstić information content (AvgIpc) is 2.98. The fraction of sp³-hybridized carbons (Fsp3) is 0.111. The normalized spacial score (nSPS) is 10.5. The molecule has 0 aliphatic carbocycles. The van der Waals surface area contributed by atoms with Gasteiger partial charge in [0.2, 0.25) is 0 Å². The lowest BCUT2D eigenvalue weighted by molar-refractivity contribution is -0.131. The minimum atomic E-state index is -0.483. The maximum absolute atomic E-state index is 12.3. The lowest BCUT2D eigenvalue weighted by atomic mass is 10.2. The molecule has 0 amide bonds. The summed E-state index contributed by atoms with van der Waals surface area (Å²) in [7, 11) is 0. The molecule has 0 saturated carbocycles. The van der Waals surface area contributed by atoms with Crippen molar-refractivity contribution in [2.45, 2.75) is 13.5 Å². The summed E-state index contributed by atoms with van der Waals surface area (Å²) >= 11 is 0. The molecule has 1 aromatic heterocycles. The van der Waals surface area contributed by atoms with Gasteiger partial charge in [-0.15, -0.1) is 0 Å². The molecule has 0 atom stereocenters. The first-order chi connectivity index (χ1) is 11.1. The average molecular weight is 309 g/mol. The molecule has 1 heterocycles. The van der Waals surface area contributed by atoms with E-state index in [0.29, 0.717) is 16.7 Å². The first-order valence-electron chi connectivity index (χ1n) is 7.14. The van der Waals surface area contributed by atoms with Crippen molar-refractivity contribution in [2.24, 2.45) is 0 Å². The number of esters is 1. The summed E-state index contributed by atoms with van der Waals surface area (Å²) in [4.78, 5) is 23.4. The molecule has 0 bridgehead atoms. The predicted molar refractivity (Wildman–Crippen MR) is 85.3 cm³/mol. The van der Waals surface area contributed by atoms with Crippen LogP contribution in [0.3, 0.4) is 0 Å². The molecule has 0 saturated heterocycles. The van der Waals surface area contributed by atoms with E-state index >= 15 is 0 Å². The maximum Gasteiger partial charge on any atom is 0.418 e. The molecular weight excluding hydrogens is 294 g/mol. The Morgan fingerprint density at radius 1 is 1.00 bits per heavy atom. The second-order valence-corrected chi connectivity index (χ2v) is 5.01. The quantitative estimate of drug-likeness (QED) is 0.546. The summed E-state index contributed by atoms with van der Waals surface area (Å²) in [6.45, 7) is 1.53. The first kappa shape index (κ1) is 14.8. The highest BCUT2D eigenvalue weighted by atomic mass is 16.5. The number of nitrogens with zero attached hydrogens (tertiary/aromatic N) is 1. The van der Waals surface area contributed by atoms with Crippen LogP contribution >= 0.6 is 0 Å². The zero-order valence-corrected chi connectivity index (χ0v) is 12.6. The first-order valence-corrected chi connectivity index (χ1v) is 7.14. The lowest BCUT2D eigenvalue weighted by Gasteiger charge is -2.07. The Kier molecular flexibility index (Phi) is 4.10. The van der Waals surface area contributed by atoms with E-state index in [2.05, 4.69) is 0 Å². The number of benzene rings is 2. The molecule has 5 nitrogen and oxygen atoms in total. The van der Waals surface area contributed by atoms with E-state index in [1.165, 1.54) is 11.5 Å². The van der Waals surface area contributed by atoms with Crippen LogP contribution in [0.4, 0.5) is 4.79 Å². The van der Waals surface area contributed by atoms with Crippen molar-refractivity contribution in [3.8, 4) is 5.75 Å². The van der Waals surface area contributed by atoms with Crippen LogP contribution < -0.4 is 4.74 Å². The zero-order valence-electron chi connectivity index (χ0n) is 12.6. The third kappa shape index (κ3) is 3.23. The van der Waals surface area contributed by atoms with E-state index in [1.54, 1.807) is 30.5 Å². The number of carbonyl (C=O) groups is 2. The fourth-order valence-corrected chi connectivity index (χ4v) is 2.33. The van der Waals surface area contributed by atoms with E-state index in [-0.39, 0.29) is 6.61 Å². The highest BCUT2D eigenvalue weighted by Crippen LogP contribution is 2.27. The third-order valence-corrected chi connectivity index (χ3v) is 3.35. The molecule has 23 heavy (non-hydrogen) atoms. The van der Waals surface area contributed by atoms with Crippen molar-refractivity contribution < 1.29 is 19.1 Å². The monoisotopic (exact) mass is 309 g/mol. The van der Waals surface area contributed by atoms with E-state index in [4.69, 9.17) is 9.47 Å². The Balaban J connectivity index is 1.82. The number of carbonyl (C=O) groups excluding carboxylic acids is 2. The van der Waals surface area contributed by atoms with Gasteiger partial charge in [-0.3, -0.25) is 9.36 Å². The summed E-state index contributed by atoms with van der Waals surface area (Å²) in [5, 5.41) is 0.680. The summed E-state index contributed by atoms with van der Waals surface area (Å²) in [5.41, 5.74) is 1.54. The maximum atomic E-state index is 12.3. The molecule has 0 spiro atoms. The third-order valence-electron chi connectivity index (χ3n) is 3.35. The molecule has 0 fully saturated rings. The van der Waals surface area contributed by atoms with Crippen molar-refractivity contribution in [2.75, 3.05) is 0 Å². The standard InChI is InChI=1S/C18H15NO4/c1-13(20)23-17-9-5-8-16-15(17)10-11-19(16)18(21)22-12-14-6-3-2-4-7-14/h2-11H,12H2,1H3. The number of rotatable bonds is 3. The second-order valence-electron chi connectivity index (χ2n) is 5.01. The number of fused-ring (bicyclic) bond motifs is 1. The van der Waals surface area contributed by atoms with Crippen molar-refractivity contribution in [3.63, 3.8) is 0 Å². The highest BCUT2D eigenvalue weighted by molar-refractivity contribution is 5.94. The van der Waals surface area contributed by atoms with Crippen LogP contribution in [0.2, 0.25) is 0 Å². The topological polar surface area (TPSA) is 57.5 Å². The van der Waals surface area contributed by atoms with Crippen LogP contribution in [0, 0.1) is 0 Å². The van der Waals surface area contributed by atoms with Gasteiger partial charge >= 0.3 is 12.1 Å². The Labute approximate surface area is 133 Å². The minimum Gasteiger partial charge on any atom is -0.444 e. The van der Waals surface area contributed by atoms with E-state index in [0.717, 1.165) is 5.56 Å². The number of hydrogen-bond donors (Lipinski definition) is 0. The van der Waals surface area contributed by atoms with Gasteiger partial charge in [-0.2, -0.15) is 0 Å². The molecule has 0 N–H and O–H groups in total. The Morgan fingerprint density at radius 2 is 1.78 bits per heavy atom.